The maximum absolute atomic E-state index is 12.8. The van der Waals surface area contributed by atoms with Gasteiger partial charge in [0.25, 0.3) is 11.8 Å². The van der Waals surface area contributed by atoms with Crippen LogP contribution in [0.3, 0.4) is 0 Å². The van der Waals surface area contributed by atoms with E-state index in [0.717, 1.165) is 10.9 Å². The van der Waals surface area contributed by atoms with Crippen LogP contribution in [0, 0.1) is 0 Å². The highest BCUT2D eigenvalue weighted by atomic mass is 35.5. The number of amides is 2. The van der Waals surface area contributed by atoms with Gasteiger partial charge in [0.05, 0.1) is 15.6 Å². The van der Waals surface area contributed by atoms with Crippen molar-refractivity contribution in [2.24, 2.45) is 7.05 Å². The Labute approximate surface area is 161 Å². The number of rotatable bonds is 3. The normalized spacial score (nSPS) is 10.8. The molecule has 0 saturated carbocycles. The van der Waals surface area contributed by atoms with Crippen molar-refractivity contribution in [1.29, 1.82) is 0 Å². The molecule has 1 N–H and O–H groups in total. The van der Waals surface area contributed by atoms with E-state index in [1.807, 2.05) is 24.3 Å². The fraction of sp³-hybridized carbons (Fsp3) is 0.158. The second kappa shape index (κ2) is 7.02. The van der Waals surface area contributed by atoms with Crippen LogP contribution in [-0.2, 0) is 7.05 Å². The van der Waals surface area contributed by atoms with Gasteiger partial charge >= 0.3 is 0 Å². The largest absolute Gasteiger partial charge is 0.345 e. The molecule has 0 aliphatic carbocycles. The number of anilines is 1. The fourth-order valence-corrected chi connectivity index (χ4v) is 3.37. The first-order chi connectivity index (χ1) is 12.3. The molecule has 0 atom stereocenters. The topological polar surface area (TPSA) is 54.3 Å². The third-order valence-electron chi connectivity index (χ3n) is 4.12. The van der Waals surface area contributed by atoms with Crippen molar-refractivity contribution >= 4 is 51.6 Å². The molecule has 0 aliphatic heterocycles. The van der Waals surface area contributed by atoms with Crippen molar-refractivity contribution in [3.8, 4) is 0 Å². The number of aryl methyl sites for hydroxylation is 1. The quantitative estimate of drug-likeness (QED) is 0.719. The third-order valence-corrected chi connectivity index (χ3v) is 4.83. The Kier molecular flexibility index (Phi) is 4.94. The van der Waals surface area contributed by atoms with Crippen LogP contribution in [0.4, 0.5) is 5.69 Å². The molecule has 2 aromatic carbocycles. The molecule has 0 spiro atoms. The molecule has 0 unspecified atom stereocenters. The van der Waals surface area contributed by atoms with Gasteiger partial charge in [0.1, 0.15) is 5.69 Å². The van der Waals surface area contributed by atoms with Crippen LogP contribution < -0.4 is 5.32 Å². The summed E-state index contributed by atoms with van der Waals surface area (Å²) in [4.78, 5) is 26.4. The second-order valence-electron chi connectivity index (χ2n) is 6.09. The summed E-state index contributed by atoms with van der Waals surface area (Å²) in [5.74, 6) is -0.604. The van der Waals surface area contributed by atoms with E-state index in [-0.39, 0.29) is 11.8 Å². The maximum atomic E-state index is 12.8. The summed E-state index contributed by atoms with van der Waals surface area (Å²) in [6, 6.07) is 12.3. The van der Waals surface area contributed by atoms with E-state index < -0.39 is 0 Å². The number of halogens is 2. The van der Waals surface area contributed by atoms with E-state index >= 15 is 0 Å². The van der Waals surface area contributed by atoms with Crippen LogP contribution >= 0.6 is 23.2 Å². The molecule has 134 valence electrons. The Morgan fingerprint density at radius 2 is 1.77 bits per heavy atom. The minimum atomic E-state index is -0.362. The van der Waals surface area contributed by atoms with Crippen molar-refractivity contribution in [2.45, 2.75) is 0 Å². The van der Waals surface area contributed by atoms with Gasteiger partial charge in [0.15, 0.2) is 0 Å². The number of hydrogen-bond acceptors (Lipinski definition) is 2. The lowest BCUT2D eigenvalue weighted by molar-refractivity contribution is 0.0827. The maximum Gasteiger partial charge on any atom is 0.273 e. The van der Waals surface area contributed by atoms with E-state index in [4.69, 9.17) is 23.2 Å². The number of fused-ring (bicyclic) bond motifs is 1. The van der Waals surface area contributed by atoms with Crippen molar-refractivity contribution in [2.75, 3.05) is 19.4 Å². The number of hydrogen-bond donors (Lipinski definition) is 1. The summed E-state index contributed by atoms with van der Waals surface area (Å²) in [5, 5.41) is 4.31. The van der Waals surface area contributed by atoms with Crippen molar-refractivity contribution in [3.63, 3.8) is 0 Å². The van der Waals surface area contributed by atoms with Crippen LogP contribution in [-0.4, -0.2) is 35.4 Å². The van der Waals surface area contributed by atoms with Crippen LogP contribution in [0.1, 0.15) is 20.8 Å². The third kappa shape index (κ3) is 3.16. The Balaban J connectivity index is 1.97. The Morgan fingerprint density at radius 3 is 2.42 bits per heavy atom. The molecule has 0 saturated heterocycles. The van der Waals surface area contributed by atoms with Gasteiger partial charge in [0, 0.05) is 37.7 Å². The summed E-state index contributed by atoms with van der Waals surface area (Å²) < 4.78 is 1.74. The number of aromatic nitrogens is 1. The number of carbonyl (C=O) groups is 2. The first kappa shape index (κ1) is 18.3. The smallest absolute Gasteiger partial charge is 0.273 e. The zero-order valence-electron chi connectivity index (χ0n) is 14.5. The summed E-state index contributed by atoms with van der Waals surface area (Å²) in [6.45, 7) is 0. The van der Waals surface area contributed by atoms with Crippen molar-refractivity contribution in [1.82, 2.24) is 9.47 Å². The summed E-state index contributed by atoms with van der Waals surface area (Å²) >= 11 is 12.5. The number of benzene rings is 2. The standard InChI is InChI=1S/C19H17Cl2N3O2/c1-23(2)19(26)13-10-11(8-9-14(13)20)22-18(25)17-16(21)12-6-4-5-7-15(12)24(17)3/h4-10H,1-3H3,(H,22,25). The molecule has 0 fully saturated rings. The van der Waals surface area contributed by atoms with Crippen molar-refractivity contribution < 1.29 is 9.59 Å². The lowest BCUT2D eigenvalue weighted by Crippen LogP contribution is -2.22. The van der Waals surface area contributed by atoms with Crippen LogP contribution in [0.25, 0.3) is 10.9 Å². The predicted octanol–water partition coefficient (Wildman–Crippen LogP) is 4.44. The van der Waals surface area contributed by atoms with Gasteiger partial charge in [0.2, 0.25) is 0 Å². The van der Waals surface area contributed by atoms with E-state index in [2.05, 4.69) is 5.32 Å². The van der Waals surface area contributed by atoms with Gasteiger partial charge in [-0.1, -0.05) is 41.4 Å². The summed E-state index contributed by atoms with van der Waals surface area (Å²) in [5.41, 5.74) is 1.99. The Hall–Kier alpha value is -2.50. The Morgan fingerprint density at radius 1 is 1.08 bits per heavy atom. The van der Waals surface area contributed by atoms with Crippen LogP contribution in [0.5, 0.6) is 0 Å². The van der Waals surface area contributed by atoms with Gasteiger partial charge < -0.3 is 14.8 Å². The molecule has 2 amide bonds. The molecule has 0 radical (unpaired) electrons. The molecule has 3 aromatic rings. The molecule has 7 heteroatoms. The first-order valence-electron chi connectivity index (χ1n) is 7.86. The molecule has 3 rings (SSSR count). The lowest BCUT2D eigenvalue weighted by atomic mass is 10.1. The minimum Gasteiger partial charge on any atom is -0.345 e. The highest BCUT2D eigenvalue weighted by Gasteiger charge is 2.20. The average molecular weight is 390 g/mol. The van der Waals surface area contributed by atoms with E-state index in [9.17, 15) is 9.59 Å². The number of para-hydroxylation sites is 1. The summed E-state index contributed by atoms with van der Waals surface area (Å²) in [7, 11) is 5.06. The molecule has 0 aliphatic rings. The van der Waals surface area contributed by atoms with Gasteiger partial charge in [-0.25, -0.2) is 0 Å². The summed E-state index contributed by atoms with van der Waals surface area (Å²) in [6.07, 6.45) is 0. The monoisotopic (exact) mass is 389 g/mol. The number of carbonyl (C=O) groups excluding carboxylic acids is 2. The number of nitrogens with one attached hydrogen (secondary N) is 1. The zero-order chi connectivity index (χ0) is 19.0. The highest BCUT2D eigenvalue weighted by molar-refractivity contribution is 6.39. The first-order valence-corrected chi connectivity index (χ1v) is 8.62. The second-order valence-corrected chi connectivity index (χ2v) is 6.87. The van der Waals surface area contributed by atoms with E-state index in [1.165, 1.54) is 4.90 Å². The average Bonchev–Trinajstić information content (AvgIpc) is 2.87. The lowest BCUT2D eigenvalue weighted by Gasteiger charge is -2.13. The van der Waals surface area contributed by atoms with E-state index in [0.29, 0.717) is 27.0 Å². The number of nitrogens with zero attached hydrogens (tertiary/aromatic N) is 2. The van der Waals surface area contributed by atoms with E-state index in [1.54, 1.807) is 43.9 Å². The minimum absolute atomic E-state index is 0.242. The SMILES string of the molecule is CN(C)C(=O)c1cc(NC(=O)c2c(Cl)c3ccccc3n2C)ccc1Cl. The fourth-order valence-electron chi connectivity index (χ4n) is 2.80. The molecule has 0 bridgehead atoms. The molecular formula is C19H17Cl2N3O2. The Bertz CT molecular complexity index is 986. The highest BCUT2D eigenvalue weighted by Crippen LogP contribution is 2.30. The molecular weight excluding hydrogens is 373 g/mol. The van der Waals surface area contributed by atoms with Gasteiger partial charge in [-0.2, -0.15) is 0 Å². The van der Waals surface area contributed by atoms with Gasteiger partial charge in [-0.05, 0) is 24.3 Å². The van der Waals surface area contributed by atoms with Crippen LogP contribution in [0.15, 0.2) is 42.5 Å². The van der Waals surface area contributed by atoms with Crippen molar-refractivity contribution in [3.05, 3.63) is 63.8 Å². The molecule has 26 heavy (non-hydrogen) atoms. The predicted molar refractivity (Wildman–Crippen MR) is 105 cm³/mol. The van der Waals surface area contributed by atoms with Crippen LogP contribution in [0.2, 0.25) is 10.0 Å². The zero-order valence-corrected chi connectivity index (χ0v) is 16.0. The van der Waals surface area contributed by atoms with Gasteiger partial charge in [-0.15, -0.1) is 0 Å². The molecule has 1 aromatic heterocycles. The molecule has 5 nitrogen and oxygen atoms in total. The van der Waals surface area contributed by atoms with Gasteiger partial charge in [-0.3, -0.25) is 9.59 Å². The molecule has 1 heterocycles.